The number of nitro benzene ring substituents is 1. The SMILES string of the molecule is O=[N+]([O-])c1ccc(NCc2c(F)cccc2Cl)c(Cl)c1. The molecule has 0 spiro atoms. The van der Waals surface area contributed by atoms with E-state index in [2.05, 4.69) is 5.32 Å². The van der Waals surface area contributed by atoms with Gasteiger partial charge in [0.15, 0.2) is 0 Å². The maximum Gasteiger partial charge on any atom is 0.271 e. The van der Waals surface area contributed by atoms with Crippen molar-refractivity contribution in [3.05, 3.63) is 67.9 Å². The summed E-state index contributed by atoms with van der Waals surface area (Å²) in [6.07, 6.45) is 0. The molecule has 2 aromatic carbocycles. The number of rotatable bonds is 4. The summed E-state index contributed by atoms with van der Waals surface area (Å²) >= 11 is 11.8. The van der Waals surface area contributed by atoms with Crippen LogP contribution >= 0.6 is 23.2 Å². The quantitative estimate of drug-likeness (QED) is 0.660. The van der Waals surface area contributed by atoms with Gasteiger partial charge in [-0.2, -0.15) is 0 Å². The van der Waals surface area contributed by atoms with Crippen molar-refractivity contribution in [1.29, 1.82) is 0 Å². The molecule has 0 fully saturated rings. The third-order valence-corrected chi connectivity index (χ3v) is 3.35. The summed E-state index contributed by atoms with van der Waals surface area (Å²) in [5, 5.41) is 14.0. The van der Waals surface area contributed by atoms with E-state index < -0.39 is 10.7 Å². The van der Waals surface area contributed by atoms with Gasteiger partial charge < -0.3 is 5.32 Å². The summed E-state index contributed by atoms with van der Waals surface area (Å²) in [5.41, 5.74) is 0.671. The van der Waals surface area contributed by atoms with Crippen LogP contribution in [0.3, 0.4) is 0 Å². The molecule has 0 atom stereocenters. The van der Waals surface area contributed by atoms with Crippen molar-refractivity contribution in [3.63, 3.8) is 0 Å². The topological polar surface area (TPSA) is 55.2 Å². The number of nitro groups is 1. The molecule has 0 heterocycles. The Morgan fingerprint density at radius 1 is 1.20 bits per heavy atom. The third kappa shape index (κ3) is 3.18. The van der Waals surface area contributed by atoms with E-state index >= 15 is 0 Å². The molecular formula is C13H9Cl2FN2O2. The first-order valence-electron chi connectivity index (χ1n) is 5.59. The minimum Gasteiger partial charge on any atom is -0.380 e. The Balaban J connectivity index is 2.17. The highest BCUT2D eigenvalue weighted by Gasteiger charge is 2.11. The van der Waals surface area contributed by atoms with Gasteiger partial charge in [-0.1, -0.05) is 29.3 Å². The van der Waals surface area contributed by atoms with Crippen molar-refractivity contribution in [1.82, 2.24) is 0 Å². The number of non-ortho nitro benzene ring substituents is 1. The highest BCUT2D eigenvalue weighted by atomic mass is 35.5. The number of anilines is 1. The number of benzene rings is 2. The van der Waals surface area contributed by atoms with Crippen molar-refractivity contribution in [2.75, 3.05) is 5.32 Å². The number of nitrogens with one attached hydrogen (secondary N) is 1. The molecule has 4 nitrogen and oxygen atoms in total. The second kappa shape index (κ2) is 6.07. The van der Waals surface area contributed by atoms with Crippen LogP contribution in [-0.4, -0.2) is 4.92 Å². The average Bonchev–Trinajstić information content (AvgIpc) is 2.39. The zero-order chi connectivity index (χ0) is 14.7. The van der Waals surface area contributed by atoms with Gasteiger partial charge in [0, 0.05) is 29.3 Å². The van der Waals surface area contributed by atoms with Gasteiger partial charge in [-0.3, -0.25) is 10.1 Å². The van der Waals surface area contributed by atoms with Crippen molar-refractivity contribution >= 4 is 34.6 Å². The summed E-state index contributed by atoms with van der Waals surface area (Å²) in [6, 6.07) is 8.42. The molecule has 20 heavy (non-hydrogen) atoms. The van der Waals surface area contributed by atoms with Crippen LogP contribution in [0.25, 0.3) is 0 Å². The summed E-state index contributed by atoms with van der Waals surface area (Å²) < 4.78 is 13.6. The van der Waals surface area contributed by atoms with Gasteiger partial charge in [0.05, 0.1) is 15.6 Å². The van der Waals surface area contributed by atoms with Crippen molar-refractivity contribution in [2.24, 2.45) is 0 Å². The second-order valence-corrected chi connectivity index (χ2v) is 4.79. The van der Waals surface area contributed by atoms with E-state index in [1.165, 1.54) is 30.3 Å². The lowest BCUT2D eigenvalue weighted by atomic mass is 10.2. The number of hydrogen-bond donors (Lipinski definition) is 1. The summed E-state index contributed by atoms with van der Waals surface area (Å²) in [4.78, 5) is 10.1. The highest BCUT2D eigenvalue weighted by Crippen LogP contribution is 2.28. The molecule has 0 aliphatic carbocycles. The van der Waals surface area contributed by atoms with Crippen LogP contribution in [0, 0.1) is 15.9 Å². The molecule has 0 aliphatic heterocycles. The molecule has 0 saturated carbocycles. The first-order valence-corrected chi connectivity index (χ1v) is 6.35. The van der Waals surface area contributed by atoms with E-state index in [1.54, 1.807) is 6.07 Å². The highest BCUT2D eigenvalue weighted by molar-refractivity contribution is 6.33. The molecular weight excluding hydrogens is 306 g/mol. The minimum absolute atomic E-state index is 0.107. The zero-order valence-corrected chi connectivity index (χ0v) is 11.6. The Morgan fingerprint density at radius 2 is 1.95 bits per heavy atom. The summed E-state index contributed by atoms with van der Waals surface area (Å²) in [5.74, 6) is -0.428. The van der Waals surface area contributed by atoms with Gasteiger partial charge in [-0.05, 0) is 18.2 Å². The van der Waals surface area contributed by atoms with Gasteiger partial charge >= 0.3 is 0 Å². The van der Waals surface area contributed by atoms with E-state index in [-0.39, 0.29) is 17.3 Å². The fraction of sp³-hybridized carbons (Fsp3) is 0.0769. The predicted octanol–water partition coefficient (Wildman–Crippen LogP) is 4.65. The van der Waals surface area contributed by atoms with Gasteiger partial charge in [-0.15, -0.1) is 0 Å². The summed E-state index contributed by atoms with van der Waals surface area (Å²) in [6.45, 7) is 0.128. The van der Waals surface area contributed by atoms with Crippen LogP contribution in [0.1, 0.15) is 5.56 Å². The van der Waals surface area contributed by atoms with Crippen molar-refractivity contribution < 1.29 is 9.31 Å². The van der Waals surface area contributed by atoms with Gasteiger partial charge in [0.1, 0.15) is 5.82 Å². The largest absolute Gasteiger partial charge is 0.380 e. The Morgan fingerprint density at radius 3 is 2.55 bits per heavy atom. The minimum atomic E-state index is -0.538. The van der Waals surface area contributed by atoms with Crippen LogP contribution in [0.2, 0.25) is 10.0 Å². The van der Waals surface area contributed by atoms with Crippen LogP contribution in [0.15, 0.2) is 36.4 Å². The van der Waals surface area contributed by atoms with Gasteiger partial charge in [0.25, 0.3) is 5.69 Å². The van der Waals surface area contributed by atoms with Crippen LogP contribution < -0.4 is 5.32 Å². The fourth-order valence-corrected chi connectivity index (χ4v) is 2.12. The lowest BCUT2D eigenvalue weighted by Gasteiger charge is -2.10. The number of nitrogens with zero attached hydrogens (tertiary/aromatic N) is 1. The molecule has 7 heteroatoms. The van der Waals surface area contributed by atoms with Crippen molar-refractivity contribution in [3.8, 4) is 0 Å². The monoisotopic (exact) mass is 314 g/mol. The zero-order valence-electron chi connectivity index (χ0n) is 10.1. The van der Waals surface area contributed by atoms with E-state index in [0.717, 1.165) is 0 Å². The van der Waals surface area contributed by atoms with Crippen LogP contribution in [0.5, 0.6) is 0 Å². The normalized spacial score (nSPS) is 10.3. The average molecular weight is 315 g/mol. The van der Waals surface area contributed by atoms with Gasteiger partial charge in [-0.25, -0.2) is 4.39 Å². The molecule has 0 aromatic heterocycles. The van der Waals surface area contributed by atoms with E-state index in [1.807, 2.05) is 0 Å². The Kier molecular flexibility index (Phi) is 4.42. The van der Waals surface area contributed by atoms with Crippen molar-refractivity contribution in [2.45, 2.75) is 6.54 Å². The Hall–Kier alpha value is -1.85. The molecule has 1 N–H and O–H groups in total. The molecule has 2 aromatic rings. The first-order chi connectivity index (χ1) is 9.49. The maximum atomic E-state index is 13.6. The molecule has 0 aliphatic rings. The first kappa shape index (κ1) is 14.6. The Bertz CT molecular complexity index is 645. The second-order valence-electron chi connectivity index (χ2n) is 3.98. The number of hydrogen-bond acceptors (Lipinski definition) is 3. The molecule has 0 radical (unpaired) electrons. The number of halogens is 3. The van der Waals surface area contributed by atoms with Gasteiger partial charge in [0.2, 0.25) is 0 Å². The predicted molar refractivity (Wildman–Crippen MR) is 76.8 cm³/mol. The lowest BCUT2D eigenvalue weighted by Crippen LogP contribution is -2.03. The smallest absolute Gasteiger partial charge is 0.271 e. The fourth-order valence-electron chi connectivity index (χ4n) is 1.65. The molecule has 0 saturated heterocycles. The van der Waals surface area contributed by atoms with E-state index in [4.69, 9.17) is 23.2 Å². The molecule has 0 unspecified atom stereocenters. The van der Waals surface area contributed by atoms with Crippen LogP contribution in [-0.2, 0) is 6.54 Å². The molecule has 0 bridgehead atoms. The van der Waals surface area contributed by atoms with Crippen LogP contribution in [0.4, 0.5) is 15.8 Å². The maximum absolute atomic E-state index is 13.6. The third-order valence-electron chi connectivity index (χ3n) is 2.68. The molecule has 0 amide bonds. The van der Waals surface area contributed by atoms with E-state index in [9.17, 15) is 14.5 Å². The standard InChI is InChI=1S/C13H9Cl2FN2O2/c14-10-2-1-3-12(16)9(10)7-17-13-5-4-8(18(19)20)6-11(13)15/h1-6,17H,7H2. The van der Waals surface area contributed by atoms with E-state index in [0.29, 0.717) is 16.3 Å². The molecule has 104 valence electrons. The molecule has 2 rings (SSSR count). The Labute approximate surface area is 124 Å². The summed E-state index contributed by atoms with van der Waals surface area (Å²) in [7, 11) is 0. The lowest BCUT2D eigenvalue weighted by molar-refractivity contribution is -0.384.